The number of benzene rings is 2. The molecule has 0 saturated carbocycles. The van der Waals surface area contributed by atoms with Gasteiger partial charge in [0.1, 0.15) is 13.2 Å². The molecule has 0 spiro atoms. The third-order valence-electron chi connectivity index (χ3n) is 4.02. The van der Waals surface area contributed by atoms with E-state index < -0.39 is 0 Å². The average Bonchev–Trinajstić information content (AvgIpc) is 2.79. The molecule has 0 bridgehead atoms. The molecule has 2 aromatic carbocycles. The van der Waals surface area contributed by atoms with Gasteiger partial charge in [-0.25, -0.2) is 0 Å². The van der Waals surface area contributed by atoms with Crippen LogP contribution in [0.5, 0.6) is 11.5 Å². The lowest BCUT2D eigenvalue weighted by Gasteiger charge is -2.18. The summed E-state index contributed by atoms with van der Waals surface area (Å²) in [5.74, 6) is 1.46. The number of likely N-dealkylation sites (N-methyl/N-ethyl adjacent to an activating group) is 1. The molecule has 4 nitrogen and oxygen atoms in total. The van der Waals surface area contributed by atoms with Crippen molar-refractivity contribution in [3.05, 3.63) is 52.0 Å². The van der Waals surface area contributed by atoms with Gasteiger partial charge in [0, 0.05) is 22.7 Å². The highest BCUT2D eigenvalue weighted by Crippen LogP contribution is 2.39. The third kappa shape index (κ3) is 2.41. The third-order valence-corrected chi connectivity index (χ3v) is 4.52. The molecule has 0 atom stereocenters. The van der Waals surface area contributed by atoms with Crippen LogP contribution in [0.25, 0.3) is 11.6 Å². The zero-order valence-electron chi connectivity index (χ0n) is 12.5. The van der Waals surface area contributed by atoms with E-state index in [1.54, 1.807) is 11.9 Å². The van der Waals surface area contributed by atoms with Crippen molar-refractivity contribution in [1.29, 1.82) is 0 Å². The zero-order valence-corrected chi connectivity index (χ0v) is 14.1. The van der Waals surface area contributed by atoms with Gasteiger partial charge < -0.3 is 14.4 Å². The van der Waals surface area contributed by atoms with Crippen LogP contribution < -0.4 is 14.4 Å². The summed E-state index contributed by atoms with van der Waals surface area (Å²) in [6.45, 7) is 1.11. The van der Waals surface area contributed by atoms with Crippen molar-refractivity contribution in [1.82, 2.24) is 0 Å². The van der Waals surface area contributed by atoms with Crippen molar-refractivity contribution >= 4 is 39.2 Å². The van der Waals surface area contributed by atoms with Crippen LogP contribution in [0.1, 0.15) is 11.1 Å². The first kappa shape index (κ1) is 14.3. The summed E-state index contributed by atoms with van der Waals surface area (Å²) in [6, 6.07) is 11.6. The summed E-state index contributed by atoms with van der Waals surface area (Å²) in [5.41, 5.74) is 3.45. The summed E-state index contributed by atoms with van der Waals surface area (Å²) in [7, 11) is 1.79. The smallest absolute Gasteiger partial charge is 0.258 e. The molecule has 0 aliphatic carbocycles. The van der Waals surface area contributed by atoms with Crippen molar-refractivity contribution < 1.29 is 14.3 Å². The van der Waals surface area contributed by atoms with Gasteiger partial charge in [0.25, 0.3) is 5.91 Å². The molecule has 2 aliphatic rings. The molecule has 0 radical (unpaired) electrons. The fourth-order valence-electron chi connectivity index (χ4n) is 2.88. The summed E-state index contributed by atoms with van der Waals surface area (Å²) in [5, 5.41) is 0. The van der Waals surface area contributed by atoms with Crippen molar-refractivity contribution in [3.8, 4) is 11.5 Å². The second kappa shape index (κ2) is 5.42. The molecule has 4 rings (SSSR count). The molecule has 0 aromatic heterocycles. The highest BCUT2D eigenvalue weighted by Gasteiger charge is 2.29. The topological polar surface area (TPSA) is 38.8 Å². The lowest BCUT2D eigenvalue weighted by Crippen LogP contribution is -2.20. The number of ether oxygens (including phenoxy) is 2. The molecule has 2 aromatic rings. The van der Waals surface area contributed by atoms with Gasteiger partial charge in [-0.3, -0.25) is 4.79 Å². The van der Waals surface area contributed by atoms with Crippen molar-refractivity contribution in [2.75, 3.05) is 25.2 Å². The molecule has 0 saturated heterocycles. The van der Waals surface area contributed by atoms with E-state index in [0.29, 0.717) is 18.8 Å². The molecular weight excluding hydrogens is 358 g/mol. The first-order valence-electron chi connectivity index (χ1n) is 7.33. The number of halogens is 1. The Morgan fingerprint density at radius 2 is 1.87 bits per heavy atom. The Balaban J connectivity index is 1.80. The van der Waals surface area contributed by atoms with Gasteiger partial charge in [-0.1, -0.05) is 22.0 Å². The molecule has 2 heterocycles. The number of fused-ring (bicyclic) bond motifs is 2. The fourth-order valence-corrected chi connectivity index (χ4v) is 3.24. The van der Waals surface area contributed by atoms with Crippen LogP contribution in [-0.2, 0) is 4.79 Å². The van der Waals surface area contributed by atoms with Gasteiger partial charge >= 0.3 is 0 Å². The summed E-state index contributed by atoms with van der Waals surface area (Å²) in [4.78, 5) is 14.2. The SMILES string of the molecule is CN1C(=O)/C(=C\c2ccc3c(c2)OCCO3)c2cc(Br)ccc21. The highest BCUT2D eigenvalue weighted by atomic mass is 79.9. The van der Waals surface area contributed by atoms with Crippen LogP contribution in [0, 0.1) is 0 Å². The van der Waals surface area contributed by atoms with Gasteiger partial charge in [-0.15, -0.1) is 0 Å². The van der Waals surface area contributed by atoms with Gasteiger partial charge in [0.05, 0.1) is 5.69 Å². The molecule has 5 heteroatoms. The molecule has 0 fully saturated rings. The second-order valence-corrected chi connectivity index (χ2v) is 6.40. The molecule has 0 N–H and O–H groups in total. The Hall–Kier alpha value is -2.27. The maximum Gasteiger partial charge on any atom is 0.258 e. The van der Waals surface area contributed by atoms with Crippen LogP contribution in [0.3, 0.4) is 0 Å². The lowest BCUT2D eigenvalue weighted by atomic mass is 10.0. The average molecular weight is 372 g/mol. The molecule has 1 amide bonds. The zero-order chi connectivity index (χ0) is 16.0. The Morgan fingerprint density at radius 1 is 1.09 bits per heavy atom. The van der Waals surface area contributed by atoms with Crippen LogP contribution in [0.4, 0.5) is 5.69 Å². The summed E-state index contributed by atoms with van der Waals surface area (Å²) in [6.07, 6.45) is 1.90. The number of nitrogens with zero attached hydrogens (tertiary/aromatic N) is 1. The summed E-state index contributed by atoms with van der Waals surface area (Å²) < 4.78 is 12.1. The Kier molecular flexibility index (Phi) is 3.38. The van der Waals surface area contributed by atoms with Crippen molar-refractivity contribution in [2.24, 2.45) is 0 Å². The lowest BCUT2D eigenvalue weighted by molar-refractivity contribution is -0.112. The maximum absolute atomic E-state index is 12.6. The number of carbonyl (C=O) groups is 1. The number of hydrogen-bond acceptors (Lipinski definition) is 3. The molecule has 116 valence electrons. The highest BCUT2D eigenvalue weighted by molar-refractivity contribution is 9.10. The quantitative estimate of drug-likeness (QED) is 0.716. The Bertz CT molecular complexity index is 844. The Morgan fingerprint density at radius 3 is 2.70 bits per heavy atom. The molecular formula is C18H14BrNO3. The van der Waals surface area contributed by atoms with E-state index in [2.05, 4.69) is 15.9 Å². The first-order chi connectivity index (χ1) is 11.1. The van der Waals surface area contributed by atoms with Crippen LogP contribution in [0.2, 0.25) is 0 Å². The van der Waals surface area contributed by atoms with Gasteiger partial charge in [-0.2, -0.15) is 0 Å². The molecule has 23 heavy (non-hydrogen) atoms. The van der Waals surface area contributed by atoms with E-state index in [4.69, 9.17) is 9.47 Å². The van der Waals surface area contributed by atoms with E-state index in [1.165, 1.54) is 0 Å². The van der Waals surface area contributed by atoms with Gasteiger partial charge in [-0.05, 0) is 42.0 Å². The monoisotopic (exact) mass is 371 g/mol. The van der Waals surface area contributed by atoms with Gasteiger partial charge in [0.2, 0.25) is 0 Å². The normalized spacial score (nSPS) is 17.6. The predicted molar refractivity (Wildman–Crippen MR) is 92.9 cm³/mol. The number of anilines is 1. The largest absolute Gasteiger partial charge is 0.486 e. The number of hydrogen-bond donors (Lipinski definition) is 0. The number of amides is 1. The number of carbonyl (C=O) groups excluding carboxylic acids is 1. The number of rotatable bonds is 1. The summed E-state index contributed by atoms with van der Waals surface area (Å²) >= 11 is 3.47. The molecule has 0 unspecified atom stereocenters. The first-order valence-corrected chi connectivity index (χ1v) is 8.12. The van der Waals surface area contributed by atoms with Crippen LogP contribution in [-0.4, -0.2) is 26.2 Å². The van der Waals surface area contributed by atoms with E-state index in [9.17, 15) is 4.79 Å². The standard InChI is InChI=1S/C18H14BrNO3/c1-20-15-4-3-12(19)10-13(15)14(18(20)21)8-11-2-5-16-17(9-11)23-7-6-22-16/h2-5,8-10H,6-7H2,1H3/b14-8-. The minimum absolute atomic E-state index is 0.00649. The second-order valence-electron chi connectivity index (χ2n) is 5.49. The van der Waals surface area contributed by atoms with Gasteiger partial charge in [0.15, 0.2) is 11.5 Å². The van der Waals surface area contributed by atoms with E-state index in [1.807, 2.05) is 42.5 Å². The van der Waals surface area contributed by atoms with E-state index in [0.717, 1.165) is 32.8 Å². The van der Waals surface area contributed by atoms with Crippen molar-refractivity contribution in [2.45, 2.75) is 0 Å². The predicted octanol–water partition coefficient (Wildman–Crippen LogP) is 3.74. The van der Waals surface area contributed by atoms with Crippen LogP contribution in [0.15, 0.2) is 40.9 Å². The Labute approximate surface area is 142 Å². The molecule has 2 aliphatic heterocycles. The minimum Gasteiger partial charge on any atom is -0.486 e. The maximum atomic E-state index is 12.6. The van der Waals surface area contributed by atoms with E-state index >= 15 is 0 Å². The fraction of sp³-hybridized carbons (Fsp3) is 0.167. The minimum atomic E-state index is -0.00649. The van der Waals surface area contributed by atoms with Crippen molar-refractivity contribution in [3.63, 3.8) is 0 Å². The van der Waals surface area contributed by atoms with E-state index in [-0.39, 0.29) is 5.91 Å². The van der Waals surface area contributed by atoms with Crippen LogP contribution >= 0.6 is 15.9 Å².